The molecule has 0 bridgehead atoms. The van der Waals surface area contributed by atoms with Crippen LogP contribution in [0.5, 0.6) is 0 Å². The largest absolute Gasteiger partial charge is 0.244 e. The van der Waals surface area contributed by atoms with Crippen LogP contribution < -0.4 is 0 Å². The molecule has 3 nitrogen and oxygen atoms in total. The number of rotatable bonds is 3. The summed E-state index contributed by atoms with van der Waals surface area (Å²) < 4.78 is 27.2. The van der Waals surface area contributed by atoms with Gasteiger partial charge >= 0.3 is 0 Å². The molecule has 1 aromatic rings. The van der Waals surface area contributed by atoms with Crippen molar-refractivity contribution < 1.29 is 8.42 Å². The van der Waals surface area contributed by atoms with Crippen LogP contribution in [0.4, 0.5) is 0 Å². The SMILES string of the molecule is CC1CCN(S(=O)(=O)c2cc(CCl)c(Cl)cc2Cl)C(C)C1. The second-order valence-corrected chi connectivity index (χ2v) is 8.54. The van der Waals surface area contributed by atoms with E-state index >= 15 is 0 Å². The Morgan fingerprint density at radius 2 is 1.90 bits per heavy atom. The van der Waals surface area contributed by atoms with Crippen LogP contribution in [0, 0.1) is 5.92 Å². The first-order valence-corrected chi connectivity index (χ1v) is 9.56. The predicted molar refractivity (Wildman–Crippen MR) is 87.8 cm³/mol. The van der Waals surface area contributed by atoms with E-state index in [0.717, 1.165) is 12.8 Å². The number of hydrogen-bond acceptors (Lipinski definition) is 2. The summed E-state index contributed by atoms with van der Waals surface area (Å²) in [4.78, 5) is 0.0885. The van der Waals surface area contributed by atoms with Crippen LogP contribution in [0.25, 0.3) is 0 Å². The van der Waals surface area contributed by atoms with E-state index in [9.17, 15) is 8.42 Å². The Hall–Kier alpha value is -0.000000000000000111. The summed E-state index contributed by atoms with van der Waals surface area (Å²) in [5.74, 6) is 0.677. The zero-order valence-electron chi connectivity index (χ0n) is 11.9. The Morgan fingerprint density at radius 3 is 2.48 bits per heavy atom. The van der Waals surface area contributed by atoms with Gasteiger partial charge in [-0.2, -0.15) is 4.31 Å². The first-order chi connectivity index (χ1) is 9.77. The fourth-order valence-corrected chi connectivity index (χ4v) is 5.53. The van der Waals surface area contributed by atoms with Crippen LogP contribution in [-0.2, 0) is 15.9 Å². The lowest BCUT2D eigenvalue weighted by molar-refractivity contribution is 0.220. The third kappa shape index (κ3) is 3.50. The molecule has 1 fully saturated rings. The van der Waals surface area contributed by atoms with E-state index < -0.39 is 10.0 Å². The average Bonchev–Trinajstić information content (AvgIpc) is 2.37. The minimum atomic E-state index is -3.63. The molecular formula is C14H18Cl3NO2S. The molecule has 1 heterocycles. The smallest absolute Gasteiger partial charge is 0.207 e. The lowest BCUT2D eigenvalue weighted by Crippen LogP contribution is -2.44. The molecule has 1 aromatic carbocycles. The number of benzene rings is 1. The topological polar surface area (TPSA) is 37.4 Å². The molecule has 7 heteroatoms. The van der Waals surface area contributed by atoms with Crippen LogP contribution in [0.1, 0.15) is 32.3 Å². The third-order valence-corrected chi connectivity index (χ3v) is 7.03. The van der Waals surface area contributed by atoms with Crippen molar-refractivity contribution >= 4 is 44.8 Å². The summed E-state index contributed by atoms with van der Waals surface area (Å²) in [6.07, 6.45) is 1.71. The van der Waals surface area contributed by atoms with Gasteiger partial charge in [0.05, 0.1) is 5.02 Å². The fraction of sp³-hybridized carbons (Fsp3) is 0.571. The van der Waals surface area contributed by atoms with Crippen LogP contribution in [0.15, 0.2) is 17.0 Å². The van der Waals surface area contributed by atoms with Crippen LogP contribution in [0.3, 0.4) is 0 Å². The van der Waals surface area contributed by atoms with Crippen molar-refractivity contribution in [3.8, 4) is 0 Å². The third-order valence-electron chi connectivity index (χ3n) is 3.91. The Bertz CT molecular complexity index is 633. The lowest BCUT2D eigenvalue weighted by Gasteiger charge is -2.35. The van der Waals surface area contributed by atoms with Crippen molar-refractivity contribution in [1.82, 2.24) is 4.31 Å². The second kappa shape index (κ2) is 6.63. The van der Waals surface area contributed by atoms with Gasteiger partial charge in [0.1, 0.15) is 4.90 Å². The van der Waals surface area contributed by atoms with Gasteiger partial charge in [0, 0.05) is 23.5 Å². The van der Waals surface area contributed by atoms with Gasteiger partial charge in [0.2, 0.25) is 10.0 Å². The van der Waals surface area contributed by atoms with Crippen LogP contribution in [-0.4, -0.2) is 25.3 Å². The molecule has 0 N–H and O–H groups in total. The van der Waals surface area contributed by atoms with E-state index in [4.69, 9.17) is 34.8 Å². The fourth-order valence-electron chi connectivity index (χ4n) is 2.74. The van der Waals surface area contributed by atoms with Crippen molar-refractivity contribution in [2.24, 2.45) is 5.92 Å². The minimum absolute atomic E-state index is 0.0371. The molecule has 2 unspecified atom stereocenters. The van der Waals surface area contributed by atoms with Crippen molar-refractivity contribution in [2.45, 2.75) is 43.5 Å². The molecule has 1 aliphatic heterocycles. The lowest BCUT2D eigenvalue weighted by atomic mass is 9.95. The van der Waals surface area contributed by atoms with Gasteiger partial charge in [-0.15, -0.1) is 11.6 Å². The number of halogens is 3. The molecular weight excluding hydrogens is 353 g/mol. The molecule has 0 aliphatic carbocycles. The van der Waals surface area contributed by atoms with Crippen molar-refractivity contribution in [3.63, 3.8) is 0 Å². The zero-order chi connectivity index (χ0) is 15.8. The van der Waals surface area contributed by atoms with Crippen molar-refractivity contribution in [3.05, 3.63) is 27.7 Å². The van der Waals surface area contributed by atoms with Crippen LogP contribution >= 0.6 is 34.8 Å². The minimum Gasteiger partial charge on any atom is -0.207 e. The number of piperidine rings is 1. The van der Waals surface area contributed by atoms with Crippen molar-refractivity contribution in [1.29, 1.82) is 0 Å². The zero-order valence-corrected chi connectivity index (χ0v) is 15.0. The highest BCUT2D eigenvalue weighted by atomic mass is 35.5. The first kappa shape index (κ1) is 17.4. The van der Waals surface area contributed by atoms with Gasteiger partial charge < -0.3 is 0 Å². The highest BCUT2D eigenvalue weighted by Gasteiger charge is 2.34. The molecule has 0 saturated carbocycles. The number of hydrogen-bond donors (Lipinski definition) is 0. The van der Waals surface area contributed by atoms with E-state index in [-0.39, 0.29) is 21.8 Å². The first-order valence-electron chi connectivity index (χ1n) is 6.83. The van der Waals surface area contributed by atoms with E-state index in [1.165, 1.54) is 16.4 Å². The number of sulfonamides is 1. The predicted octanol–water partition coefficient (Wildman–Crippen LogP) is 4.54. The van der Waals surface area contributed by atoms with E-state index in [2.05, 4.69) is 6.92 Å². The maximum atomic E-state index is 12.9. The molecule has 21 heavy (non-hydrogen) atoms. The van der Waals surface area contributed by atoms with Crippen molar-refractivity contribution in [2.75, 3.05) is 6.54 Å². The van der Waals surface area contributed by atoms with Gasteiger partial charge in [-0.1, -0.05) is 30.1 Å². The highest BCUT2D eigenvalue weighted by molar-refractivity contribution is 7.89. The number of alkyl halides is 1. The Kier molecular flexibility index (Phi) is 5.48. The molecule has 2 atom stereocenters. The maximum absolute atomic E-state index is 12.9. The summed E-state index contributed by atoms with van der Waals surface area (Å²) >= 11 is 17.9. The molecule has 0 radical (unpaired) electrons. The average molecular weight is 371 g/mol. The standard InChI is InChI=1S/C14H18Cl3NO2S/c1-9-3-4-18(10(2)5-9)21(19,20)14-6-11(8-15)12(16)7-13(14)17/h6-7,9-10H,3-5,8H2,1-2H3. The summed E-state index contributed by atoms with van der Waals surface area (Å²) in [6, 6.07) is 2.90. The molecule has 0 spiro atoms. The second-order valence-electron chi connectivity index (χ2n) is 5.60. The highest BCUT2D eigenvalue weighted by Crippen LogP contribution is 2.34. The van der Waals surface area contributed by atoms with E-state index in [1.54, 1.807) is 0 Å². The summed E-state index contributed by atoms with van der Waals surface area (Å²) in [5.41, 5.74) is 0.569. The quantitative estimate of drug-likeness (QED) is 0.732. The van der Waals surface area contributed by atoms with Gasteiger partial charge in [-0.3, -0.25) is 0 Å². The molecule has 1 saturated heterocycles. The summed E-state index contributed by atoms with van der Waals surface area (Å²) in [5, 5.41) is 0.522. The summed E-state index contributed by atoms with van der Waals surface area (Å²) in [6.45, 7) is 4.58. The van der Waals surface area contributed by atoms with E-state index in [0.29, 0.717) is 23.0 Å². The van der Waals surface area contributed by atoms with Crippen LogP contribution in [0.2, 0.25) is 10.0 Å². The normalized spacial score (nSPS) is 24.2. The molecule has 2 rings (SSSR count). The molecule has 118 valence electrons. The van der Waals surface area contributed by atoms with Gasteiger partial charge in [0.25, 0.3) is 0 Å². The monoisotopic (exact) mass is 369 g/mol. The molecule has 0 aromatic heterocycles. The Labute approximate surface area is 141 Å². The van der Waals surface area contributed by atoms with Gasteiger partial charge in [-0.05, 0) is 43.4 Å². The molecule has 0 amide bonds. The van der Waals surface area contributed by atoms with E-state index in [1.807, 2.05) is 6.92 Å². The maximum Gasteiger partial charge on any atom is 0.244 e. The molecule has 1 aliphatic rings. The van der Waals surface area contributed by atoms with Gasteiger partial charge in [-0.25, -0.2) is 8.42 Å². The van der Waals surface area contributed by atoms with Gasteiger partial charge in [0.15, 0.2) is 0 Å². The number of nitrogens with zero attached hydrogens (tertiary/aromatic N) is 1. The Morgan fingerprint density at radius 1 is 1.24 bits per heavy atom. The summed E-state index contributed by atoms with van der Waals surface area (Å²) in [7, 11) is -3.63. The Balaban J connectivity index is 2.44.